The Labute approximate surface area is 243 Å². The first kappa shape index (κ1) is 28.7. The number of fused-ring (bicyclic) bond motifs is 3. The molecule has 1 saturated carbocycles. The summed E-state index contributed by atoms with van der Waals surface area (Å²) in [6.45, 7) is 12.6. The molecule has 0 radical (unpaired) electrons. The van der Waals surface area contributed by atoms with Gasteiger partial charge in [0.25, 0.3) is 0 Å². The Morgan fingerprint density at radius 1 is 0.878 bits per heavy atom. The van der Waals surface area contributed by atoms with Crippen LogP contribution in [0.2, 0.25) is 0 Å². The first-order chi connectivity index (χ1) is 19.8. The second-order valence-electron chi connectivity index (χ2n) is 11.2. The molecule has 1 aliphatic carbocycles. The number of likely N-dealkylation sites (N-methyl/N-ethyl adjacent to an activating group) is 1. The van der Waals surface area contributed by atoms with Crippen LogP contribution >= 0.6 is 0 Å². The zero-order chi connectivity index (χ0) is 29.1. The van der Waals surface area contributed by atoms with Gasteiger partial charge in [0.1, 0.15) is 5.54 Å². The standard InChI is InChI=1S/C35H41N3O3/c1-6-37(7-2)35(20-12-9-13-21-35)34(40)41-36-25(5)26-16-18-31-29(22-26)30-23-27(17-19-32(30)38(31)8-3)33(39)28-15-11-10-14-24(28)4/h10-11,14-19,22-23H,6-9,12-13,20-21H2,1-5H3. The molecule has 0 bridgehead atoms. The van der Waals surface area contributed by atoms with Gasteiger partial charge in [-0.1, -0.05) is 68.6 Å². The third-order valence-electron chi connectivity index (χ3n) is 8.95. The SMILES string of the molecule is CCN(CC)C1(C(=O)ON=C(C)c2ccc3c(c2)c2cc(C(=O)c4ccccc4C)ccc2n3CC)CCCCC1. The number of ketones is 1. The number of aryl methyl sites for hydroxylation is 2. The van der Waals surface area contributed by atoms with Gasteiger partial charge >= 0.3 is 5.97 Å². The molecule has 1 aliphatic rings. The molecule has 4 aromatic rings. The maximum Gasteiger partial charge on any atom is 0.355 e. The van der Waals surface area contributed by atoms with Crippen LogP contribution in [0, 0.1) is 6.92 Å². The van der Waals surface area contributed by atoms with Crippen LogP contribution in [0.25, 0.3) is 21.8 Å². The molecule has 3 aromatic carbocycles. The predicted molar refractivity (Wildman–Crippen MR) is 167 cm³/mol. The van der Waals surface area contributed by atoms with Crippen molar-refractivity contribution in [2.24, 2.45) is 5.16 Å². The van der Waals surface area contributed by atoms with Crippen LogP contribution in [-0.2, 0) is 16.2 Å². The molecule has 0 unspecified atom stereocenters. The highest BCUT2D eigenvalue weighted by molar-refractivity contribution is 6.16. The van der Waals surface area contributed by atoms with Gasteiger partial charge in [-0.15, -0.1) is 0 Å². The molecule has 1 aromatic heterocycles. The number of nitrogens with zero attached hydrogens (tertiary/aromatic N) is 3. The molecular formula is C35H41N3O3. The second kappa shape index (κ2) is 12.0. The van der Waals surface area contributed by atoms with Crippen LogP contribution in [0.4, 0.5) is 0 Å². The van der Waals surface area contributed by atoms with Crippen molar-refractivity contribution < 1.29 is 14.4 Å². The summed E-state index contributed by atoms with van der Waals surface area (Å²) in [5.41, 5.74) is 5.47. The van der Waals surface area contributed by atoms with Gasteiger partial charge in [0.2, 0.25) is 0 Å². The lowest BCUT2D eigenvalue weighted by atomic mass is 9.80. The van der Waals surface area contributed by atoms with Gasteiger partial charge in [-0.25, -0.2) is 4.79 Å². The van der Waals surface area contributed by atoms with Crippen molar-refractivity contribution >= 4 is 39.3 Å². The van der Waals surface area contributed by atoms with Crippen LogP contribution in [0.3, 0.4) is 0 Å². The number of hydrogen-bond acceptors (Lipinski definition) is 5. The molecule has 6 nitrogen and oxygen atoms in total. The Morgan fingerprint density at radius 3 is 2.10 bits per heavy atom. The normalized spacial score (nSPS) is 15.5. The quantitative estimate of drug-likeness (QED) is 0.0927. The second-order valence-corrected chi connectivity index (χ2v) is 11.2. The third-order valence-corrected chi connectivity index (χ3v) is 8.95. The number of oxime groups is 1. The largest absolute Gasteiger partial charge is 0.355 e. The molecule has 0 atom stereocenters. The van der Waals surface area contributed by atoms with Gasteiger partial charge in [0.05, 0.1) is 5.71 Å². The van der Waals surface area contributed by atoms with E-state index in [0.29, 0.717) is 11.3 Å². The highest BCUT2D eigenvalue weighted by Gasteiger charge is 2.45. The van der Waals surface area contributed by atoms with E-state index < -0.39 is 5.54 Å². The van der Waals surface area contributed by atoms with E-state index in [0.717, 1.165) is 90.2 Å². The molecule has 0 spiro atoms. The molecule has 41 heavy (non-hydrogen) atoms. The summed E-state index contributed by atoms with van der Waals surface area (Å²) in [7, 11) is 0. The lowest BCUT2D eigenvalue weighted by Crippen LogP contribution is -2.56. The zero-order valence-electron chi connectivity index (χ0n) is 25.0. The number of rotatable bonds is 9. The van der Waals surface area contributed by atoms with E-state index in [1.165, 1.54) is 0 Å². The molecule has 214 valence electrons. The topological polar surface area (TPSA) is 63.9 Å². The monoisotopic (exact) mass is 551 g/mol. The highest BCUT2D eigenvalue weighted by atomic mass is 16.7. The summed E-state index contributed by atoms with van der Waals surface area (Å²) >= 11 is 0. The van der Waals surface area contributed by atoms with Crippen molar-refractivity contribution in [3.8, 4) is 0 Å². The van der Waals surface area contributed by atoms with Crippen LogP contribution in [-0.4, -0.2) is 45.6 Å². The lowest BCUT2D eigenvalue weighted by Gasteiger charge is -2.42. The third kappa shape index (κ3) is 5.21. The van der Waals surface area contributed by atoms with E-state index in [9.17, 15) is 9.59 Å². The van der Waals surface area contributed by atoms with Gasteiger partial charge in [-0.2, -0.15) is 0 Å². The smallest absolute Gasteiger partial charge is 0.341 e. The molecule has 0 aliphatic heterocycles. The van der Waals surface area contributed by atoms with E-state index >= 15 is 0 Å². The average Bonchev–Trinajstić information content (AvgIpc) is 3.32. The Balaban J connectivity index is 1.50. The molecule has 0 saturated heterocycles. The van der Waals surface area contributed by atoms with E-state index in [1.54, 1.807) is 0 Å². The number of carbonyl (C=O) groups is 2. The van der Waals surface area contributed by atoms with Gasteiger partial charge in [-0.05, 0) is 88.2 Å². The van der Waals surface area contributed by atoms with E-state index in [4.69, 9.17) is 4.84 Å². The van der Waals surface area contributed by atoms with Crippen molar-refractivity contribution in [3.63, 3.8) is 0 Å². The number of aromatic nitrogens is 1. The van der Waals surface area contributed by atoms with Crippen LogP contribution in [0.1, 0.15) is 86.8 Å². The summed E-state index contributed by atoms with van der Waals surface area (Å²) < 4.78 is 2.26. The summed E-state index contributed by atoms with van der Waals surface area (Å²) in [4.78, 5) is 34.8. The highest BCUT2D eigenvalue weighted by Crippen LogP contribution is 2.35. The van der Waals surface area contributed by atoms with E-state index in [-0.39, 0.29) is 11.8 Å². The summed E-state index contributed by atoms with van der Waals surface area (Å²) in [5, 5.41) is 6.43. The van der Waals surface area contributed by atoms with Gasteiger partial charge < -0.3 is 9.40 Å². The van der Waals surface area contributed by atoms with Crippen LogP contribution < -0.4 is 0 Å². The minimum Gasteiger partial charge on any atom is -0.341 e. The molecule has 0 N–H and O–H groups in total. The number of benzene rings is 3. The Morgan fingerprint density at radius 2 is 1.49 bits per heavy atom. The minimum atomic E-state index is -0.593. The zero-order valence-corrected chi connectivity index (χ0v) is 25.0. The first-order valence-corrected chi connectivity index (χ1v) is 15.0. The number of carbonyl (C=O) groups excluding carboxylic acids is 2. The maximum absolute atomic E-state index is 13.5. The fourth-order valence-corrected chi connectivity index (χ4v) is 6.66. The van der Waals surface area contributed by atoms with Gasteiger partial charge in [0.15, 0.2) is 5.78 Å². The molecule has 1 heterocycles. The average molecular weight is 552 g/mol. The van der Waals surface area contributed by atoms with Crippen molar-refractivity contribution in [2.75, 3.05) is 13.1 Å². The molecule has 5 rings (SSSR count). The van der Waals surface area contributed by atoms with Crippen LogP contribution in [0.15, 0.2) is 65.8 Å². The van der Waals surface area contributed by atoms with Gasteiger partial charge in [0, 0.05) is 39.5 Å². The summed E-state index contributed by atoms with van der Waals surface area (Å²) in [6.07, 6.45) is 4.84. The van der Waals surface area contributed by atoms with E-state index in [1.807, 2.05) is 62.4 Å². The van der Waals surface area contributed by atoms with Crippen molar-refractivity contribution in [3.05, 3.63) is 82.9 Å². The molecule has 1 fully saturated rings. The first-order valence-electron chi connectivity index (χ1n) is 15.0. The Kier molecular flexibility index (Phi) is 8.41. The summed E-state index contributed by atoms with van der Waals surface area (Å²) in [5.74, 6) is -0.226. The van der Waals surface area contributed by atoms with E-state index in [2.05, 4.69) is 47.5 Å². The Bertz CT molecular complexity index is 1620. The van der Waals surface area contributed by atoms with Crippen molar-refractivity contribution in [1.29, 1.82) is 0 Å². The number of hydrogen-bond donors (Lipinski definition) is 0. The maximum atomic E-state index is 13.5. The molecule has 6 heteroatoms. The Hall–Kier alpha value is -3.77. The van der Waals surface area contributed by atoms with Crippen LogP contribution in [0.5, 0.6) is 0 Å². The summed E-state index contributed by atoms with van der Waals surface area (Å²) in [6, 6.07) is 19.9. The predicted octanol–water partition coefficient (Wildman–Crippen LogP) is 7.67. The van der Waals surface area contributed by atoms with Crippen molar-refractivity contribution in [1.82, 2.24) is 9.47 Å². The minimum absolute atomic E-state index is 0.0213. The molecular weight excluding hydrogens is 510 g/mol. The van der Waals surface area contributed by atoms with Crippen molar-refractivity contribution in [2.45, 2.75) is 78.8 Å². The van der Waals surface area contributed by atoms with Gasteiger partial charge in [-0.3, -0.25) is 9.69 Å². The molecule has 0 amide bonds. The fourth-order valence-electron chi connectivity index (χ4n) is 6.66. The lowest BCUT2D eigenvalue weighted by molar-refractivity contribution is -0.161. The fraction of sp³-hybridized carbons (Fsp3) is 0.400.